The summed E-state index contributed by atoms with van der Waals surface area (Å²) in [4.78, 5) is 0. The monoisotopic (exact) mass is 505 g/mol. The van der Waals surface area contributed by atoms with Crippen LogP contribution in [0.3, 0.4) is 0 Å². The van der Waals surface area contributed by atoms with Gasteiger partial charge in [-0.3, -0.25) is 0 Å². The zero-order valence-corrected chi connectivity index (χ0v) is 21.2. The molecule has 5 nitrogen and oxygen atoms in total. The van der Waals surface area contributed by atoms with Gasteiger partial charge in [0.15, 0.2) is 23.1 Å². The first-order valence-electron chi connectivity index (χ1n) is 13.2. The van der Waals surface area contributed by atoms with Crippen molar-refractivity contribution in [1.82, 2.24) is 4.68 Å². The van der Waals surface area contributed by atoms with E-state index in [1.165, 1.54) is 27.8 Å². The number of rotatable bonds is 2. The van der Waals surface area contributed by atoms with Gasteiger partial charge in [-0.25, -0.2) is 0 Å². The molecule has 5 heteroatoms. The molecule has 1 unspecified atom stereocenters. The normalized spacial score (nSPS) is 16.8. The van der Waals surface area contributed by atoms with Crippen LogP contribution < -0.4 is 18.7 Å². The van der Waals surface area contributed by atoms with E-state index in [9.17, 15) is 0 Å². The Labute approximate surface area is 225 Å². The van der Waals surface area contributed by atoms with Gasteiger partial charge >= 0.3 is 11.5 Å². The van der Waals surface area contributed by atoms with Crippen LogP contribution in [0.2, 0.25) is 0 Å². The number of ether oxygens (including phenoxy) is 2. The van der Waals surface area contributed by atoms with Gasteiger partial charge in [0.1, 0.15) is 17.2 Å². The van der Waals surface area contributed by atoms with Crippen molar-refractivity contribution >= 4 is 0 Å². The molecule has 0 radical (unpaired) electrons. The Bertz CT molecular complexity index is 1980. The molecule has 0 bridgehead atoms. The minimum absolute atomic E-state index is 0.681. The van der Waals surface area contributed by atoms with Crippen LogP contribution in [0.5, 0.6) is 23.1 Å². The van der Waals surface area contributed by atoms with Crippen molar-refractivity contribution in [1.29, 1.82) is 0 Å². The fourth-order valence-electron chi connectivity index (χ4n) is 6.77. The molecule has 0 aliphatic carbocycles. The Balaban J connectivity index is 1.37. The standard InChI is InChI=1S/C34H23N3O2/c1-22-21-28-32-33(30(22)25-16-14-24(15-17-25)23-9-3-2-4-10-23)36-19-8-20-37(36)34(32)31-26(38-28)11-7-12-27(31)39-29-13-5-6-18-35(29)34/h2-21H,1H3/q+2. The summed E-state index contributed by atoms with van der Waals surface area (Å²) in [5, 5.41) is 0. The maximum Gasteiger partial charge on any atom is 0.452 e. The molecule has 5 heterocycles. The zero-order valence-electron chi connectivity index (χ0n) is 21.2. The van der Waals surface area contributed by atoms with E-state index in [0.29, 0.717) is 0 Å². The Kier molecular flexibility index (Phi) is 3.87. The molecule has 0 amide bonds. The average molecular weight is 506 g/mol. The van der Waals surface area contributed by atoms with Gasteiger partial charge in [-0.05, 0) is 58.1 Å². The lowest BCUT2D eigenvalue weighted by atomic mass is 9.82. The lowest BCUT2D eigenvalue weighted by molar-refractivity contribution is -0.997. The third-order valence-corrected chi connectivity index (χ3v) is 8.28. The number of pyridine rings is 1. The highest BCUT2D eigenvalue weighted by molar-refractivity contribution is 5.84. The minimum Gasteiger partial charge on any atom is -0.455 e. The molecule has 1 atom stereocenters. The smallest absolute Gasteiger partial charge is 0.452 e. The summed E-state index contributed by atoms with van der Waals surface area (Å²) >= 11 is 0. The second-order valence-corrected chi connectivity index (χ2v) is 10.3. The Morgan fingerprint density at radius 3 is 2.23 bits per heavy atom. The summed E-state index contributed by atoms with van der Waals surface area (Å²) in [6.07, 6.45) is 6.41. The number of fused-ring (bicyclic) bond motifs is 3. The predicted octanol–water partition coefficient (Wildman–Crippen LogP) is 6.52. The minimum atomic E-state index is -0.681. The van der Waals surface area contributed by atoms with E-state index in [4.69, 9.17) is 9.47 Å². The number of benzene rings is 4. The van der Waals surface area contributed by atoms with E-state index >= 15 is 0 Å². The van der Waals surface area contributed by atoms with E-state index in [1.54, 1.807) is 0 Å². The van der Waals surface area contributed by atoms with E-state index in [1.807, 2.05) is 30.3 Å². The van der Waals surface area contributed by atoms with Crippen LogP contribution in [0.1, 0.15) is 16.7 Å². The summed E-state index contributed by atoms with van der Waals surface area (Å²) in [6, 6.07) is 35.9. The summed E-state index contributed by atoms with van der Waals surface area (Å²) in [6.45, 7) is 2.18. The Morgan fingerprint density at radius 2 is 1.38 bits per heavy atom. The topological polar surface area (TPSA) is 31.1 Å². The summed E-state index contributed by atoms with van der Waals surface area (Å²) in [5.74, 6) is 3.29. The highest BCUT2D eigenvalue weighted by Gasteiger charge is 2.71. The molecule has 39 heavy (non-hydrogen) atoms. The van der Waals surface area contributed by atoms with Crippen LogP contribution >= 0.6 is 0 Å². The number of aromatic nitrogens is 3. The number of aryl methyl sites for hydroxylation is 1. The van der Waals surface area contributed by atoms with Gasteiger partial charge in [-0.2, -0.15) is 0 Å². The van der Waals surface area contributed by atoms with Crippen LogP contribution in [0.25, 0.3) is 27.9 Å². The molecular formula is C34H23N3O2+2. The van der Waals surface area contributed by atoms with Gasteiger partial charge in [0, 0.05) is 17.7 Å². The molecule has 0 fully saturated rings. The molecule has 184 valence electrons. The van der Waals surface area contributed by atoms with Crippen molar-refractivity contribution in [2.45, 2.75) is 12.6 Å². The summed E-state index contributed by atoms with van der Waals surface area (Å²) < 4.78 is 19.9. The molecule has 4 aromatic carbocycles. The molecule has 6 aromatic rings. The van der Waals surface area contributed by atoms with Crippen molar-refractivity contribution in [3.8, 4) is 51.1 Å². The first-order chi connectivity index (χ1) is 19.2. The van der Waals surface area contributed by atoms with Crippen molar-refractivity contribution in [3.05, 3.63) is 138 Å². The van der Waals surface area contributed by atoms with Crippen molar-refractivity contribution < 1.29 is 18.7 Å². The van der Waals surface area contributed by atoms with Crippen LogP contribution in [-0.4, -0.2) is 4.68 Å². The third kappa shape index (κ3) is 2.50. The van der Waals surface area contributed by atoms with Crippen LogP contribution in [-0.2, 0) is 5.66 Å². The largest absolute Gasteiger partial charge is 0.455 e. The third-order valence-electron chi connectivity index (χ3n) is 8.28. The second kappa shape index (κ2) is 7.23. The van der Waals surface area contributed by atoms with Crippen LogP contribution in [0.4, 0.5) is 0 Å². The Morgan fingerprint density at radius 1 is 0.641 bits per heavy atom. The van der Waals surface area contributed by atoms with E-state index in [-0.39, 0.29) is 0 Å². The molecule has 0 N–H and O–H groups in total. The molecular weight excluding hydrogens is 482 g/mol. The first kappa shape index (κ1) is 20.8. The number of nitrogens with zero attached hydrogens (tertiary/aromatic N) is 3. The van der Waals surface area contributed by atoms with Crippen LogP contribution in [0, 0.1) is 6.92 Å². The first-order valence-corrected chi connectivity index (χ1v) is 13.2. The van der Waals surface area contributed by atoms with Gasteiger partial charge in [0.05, 0.1) is 12.3 Å². The van der Waals surface area contributed by atoms with Gasteiger partial charge in [-0.15, -0.1) is 4.68 Å². The second-order valence-electron chi connectivity index (χ2n) is 10.3. The van der Waals surface area contributed by atoms with Gasteiger partial charge in [0.2, 0.25) is 6.20 Å². The van der Waals surface area contributed by atoms with E-state index in [2.05, 4.69) is 112 Å². The molecule has 3 aliphatic rings. The number of hydrogen-bond donors (Lipinski definition) is 0. The average Bonchev–Trinajstić information content (AvgIpc) is 3.56. The molecule has 9 rings (SSSR count). The molecule has 0 saturated carbocycles. The van der Waals surface area contributed by atoms with E-state index < -0.39 is 5.66 Å². The molecule has 2 aromatic heterocycles. The van der Waals surface area contributed by atoms with Gasteiger partial charge < -0.3 is 9.47 Å². The van der Waals surface area contributed by atoms with Crippen molar-refractivity contribution in [3.63, 3.8) is 0 Å². The molecule has 1 spiro atoms. The van der Waals surface area contributed by atoms with Crippen LogP contribution in [0.15, 0.2) is 122 Å². The van der Waals surface area contributed by atoms with Gasteiger partial charge in [-0.1, -0.05) is 65.2 Å². The maximum absolute atomic E-state index is 6.65. The van der Waals surface area contributed by atoms with Crippen molar-refractivity contribution in [2.75, 3.05) is 0 Å². The SMILES string of the molecule is Cc1cc2c3c(c1-c1ccc(-c4ccccc4)cc1)-n1ccc[n+]1C31c3c(cccc3Oc3cccc[n+]31)O2. The molecule has 0 saturated heterocycles. The van der Waals surface area contributed by atoms with Gasteiger partial charge in [0.25, 0.3) is 0 Å². The quantitative estimate of drug-likeness (QED) is 0.251. The lowest BCUT2D eigenvalue weighted by Gasteiger charge is -2.31. The molecule has 3 aliphatic heterocycles. The fourth-order valence-corrected chi connectivity index (χ4v) is 6.77. The fraction of sp³-hybridized carbons (Fsp3) is 0.0588. The zero-order chi connectivity index (χ0) is 25.7. The van der Waals surface area contributed by atoms with E-state index in [0.717, 1.165) is 39.9 Å². The summed E-state index contributed by atoms with van der Waals surface area (Å²) in [7, 11) is 0. The highest BCUT2D eigenvalue weighted by Crippen LogP contribution is 2.57. The Hall–Kier alpha value is -5.16. The lowest BCUT2D eigenvalue weighted by Crippen LogP contribution is -2.75. The summed E-state index contributed by atoms with van der Waals surface area (Å²) in [5.41, 5.74) is 8.54. The van der Waals surface area contributed by atoms with Crippen molar-refractivity contribution in [2.24, 2.45) is 0 Å². The maximum atomic E-state index is 6.65. The number of hydrogen-bond acceptors (Lipinski definition) is 2. The predicted molar refractivity (Wildman–Crippen MR) is 146 cm³/mol. The highest BCUT2D eigenvalue weighted by atomic mass is 16.5.